The number of fused-ring (bicyclic) bond motifs is 1. The van der Waals surface area contributed by atoms with Gasteiger partial charge in [-0.1, -0.05) is 11.6 Å². The van der Waals surface area contributed by atoms with Gasteiger partial charge in [0.2, 0.25) is 5.78 Å². The molecule has 164 valence electrons. The van der Waals surface area contributed by atoms with Crippen LogP contribution in [0.5, 0.6) is 0 Å². The van der Waals surface area contributed by atoms with Crippen LogP contribution in [-0.4, -0.2) is 24.2 Å². The fourth-order valence-electron chi connectivity index (χ4n) is 3.03. The van der Waals surface area contributed by atoms with Gasteiger partial charge in [0.05, 0.1) is 16.3 Å². The lowest BCUT2D eigenvalue weighted by molar-refractivity contribution is 0.103. The molecule has 0 saturated heterocycles. The smallest absolute Gasteiger partial charge is 0.264 e. The molecule has 0 bridgehead atoms. The zero-order valence-electron chi connectivity index (χ0n) is 15.6. The molecule has 4 aromatic rings. The van der Waals surface area contributed by atoms with Gasteiger partial charge >= 0.3 is 0 Å². The highest BCUT2D eigenvalue weighted by Gasteiger charge is 2.27. The first kappa shape index (κ1) is 21.8. The van der Waals surface area contributed by atoms with Crippen molar-refractivity contribution in [1.29, 1.82) is 0 Å². The largest absolute Gasteiger partial charge is 0.345 e. The molecule has 2 N–H and O–H groups in total. The number of nitrogens with zero attached hydrogens (tertiary/aromatic N) is 1. The van der Waals surface area contributed by atoms with Gasteiger partial charge in [0, 0.05) is 29.4 Å². The van der Waals surface area contributed by atoms with Crippen molar-refractivity contribution in [1.82, 2.24) is 9.97 Å². The molecule has 32 heavy (non-hydrogen) atoms. The quantitative estimate of drug-likeness (QED) is 0.315. The maximum atomic E-state index is 15.1. The number of sulfonamides is 1. The zero-order valence-corrected chi connectivity index (χ0v) is 17.2. The van der Waals surface area contributed by atoms with Crippen molar-refractivity contribution in [2.24, 2.45) is 0 Å². The van der Waals surface area contributed by atoms with Crippen molar-refractivity contribution in [3.05, 3.63) is 88.2 Å². The highest BCUT2D eigenvalue weighted by Crippen LogP contribution is 2.29. The lowest BCUT2D eigenvalue weighted by Gasteiger charge is -2.12. The van der Waals surface area contributed by atoms with E-state index >= 15 is 4.39 Å². The Morgan fingerprint density at radius 2 is 1.78 bits per heavy atom. The molecular weight excluding hydrogens is 474 g/mol. The molecule has 2 aromatic carbocycles. The fourth-order valence-corrected chi connectivity index (χ4v) is 4.31. The summed E-state index contributed by atoms with van der Waals surface area (Å²) in [6, 6.07) is 4.45. The van der Waals surface area contributed by atoms with Crippen molar-refractivity contribution in [2.75, 3.05) is 4.72 Å². The third kappa shape index (κ3) is 3.80. The Hall–Kier alpha value is -3.44. The van der Waals surface area contributed by atoms with Crippen molar-refractivity contribution in [3.8, 4) is 0 Å². The topological polar surface area (TPSA) is 91.9 Å². The molecule has 0 spiro atoms. The van der Waals surface area contributed by atoms with E-state index in [1.807, 2.05) is 0 Å². The van der Waals surface area contributed by atoms with Crippen LogP contribution in [-0.2, 0) is 10.0 Å². The summed E-state index contributed by atoms with van der Waals surface area (Å²) in [5.74, 6) is -6.32. The second-order valence-electron chi connectivity index (χ2n) is 6.55. The molecule has 0 aliphatic carbocycles. The Balaban J connectivity index is 1.77. The van der Waals surface area contributed by atoms with E-state index in [2.05, 4.69) is 9.97 Å². The van der Waals surface area contributed by atoms with E-state index in [9.17, 15) is 26.4 Å². The molecule has 2 heterocycles. The number of hydrogen-bond donors (Lipinski definition) is 2. The monoisotopic (exact) mass is 483 g/mol. The first-order chi connectivity index (χ1) is 15.1. The lowest BCUT2D eigenvalue weighted by atomic mass is 10.0. The molecule has 0 amide bonds. The van der Waals surface area contributed by atoms with E-state index in [0.29, 0.717) is 24.3 Å². The lowest BCUT2D eigenvalue weighted by Crippen LogP contribution is -2.17. The first-order valence-electron chi connectivity index (χ1n) is 8.71. The van der Waals surface area contributed by atoms with Crippen LogP contribution in [0, 0.1) is 23.3 Å². The van der Waals surface area contributed by atoms with Gasteiger partial charge in [-0.3, -0.25) is 9.52 Å². The van der Waals surface area contributed by atoms with Crippen molar-refractivity contribution >= 4 is 44.1 Å². The third-order valence-corrected chi connectivity index (χ3v) is 6.09. The van der Waals surface area contributed by atoms with E-state index in [0.717, 1.165) is 6.07 Å². The summed E-state index contributed by atoms with van der Waals surface area (Å²) in [6.07, 6.45) is 2.49. The zero-order chi connectivity index (χ0) is 23.2. The Bertz CT molecular complexity index is 1510. The Morgan fingerprint density at radius 3 is 2.50 bits per heavy atom. The number of ketones is 1. The molecule has 0 fully saturated rings. The number of H-pyrrole nitrogens is 1. The number of rotatable bonds is 5. The number of nitrogens with one attached hydrogen (secondary N) is 2. The van der Waals surface area contributed by atoms with E-state index in [-0.39, 0.29) is 21.6 Å². The molecule has 2 aromatic heterocycles. The number of hydrogen-bond acceptors (Lipinski definition) is 4. The number of anilines is 1. The van der Waals surface area contributed by atoms with E-state index in [1.165, 1.54) is 18.5 Å². The summed E-state index contributed by atoms with van der Waals surface area (Å²) in [6.45, 7) is 0. The number of aromatic amines is 1. The number of carbonyl (C=O) groups excluding carboxylic acids is 1. The maximum absolute atomic E-state index is 15.1. The summed E-state index contributed by atoms with van der Waals surface area (Å²) in [4.78, 5) is 18.6. The van der Waals surface area contributed by atoms with Crippen LogP contribution in [0.2, 0.25) is 5.02 Å². The Labute approximate surface area is 182 Å². The average Bonchev–Trinajstić information content (AvgIpc) is 3.12. The molecular formula is C20H10ClF4N3O3S. The van der Waals surface area contributed by atoms with Gasteiger partial charge in [0.25, 0.3) is 10.0 Å². The molecule has 4 rings (SSSR count). The molecule has 0 aliphatic heterocycles. The number of pyridine rings is 1. The van der Waals surface area contributed by atoms with Gasteiger partial charge in [0.15, 0.2) is 5.82 Å². The minimum Gasteiger partial charge on any atom is -0.345 e. The molecule has 0 aliphatic rings. The van der Waals surface area contributed by atoms with Crippen molar-refractivity contribution in [3.63, 3.8) is 0 Å². The van der Waals surface area contributed by atoms with Crippen LogP contribution in [0.1, 0.15) is 15.9 Å². The van der Waals surface area contributed by atoms with Gasteiger partial charge in [0.1, 0.15) is 28.0 Å². The first-order valence-corrected chi connectivity index (χ1v) is 10.6. The number of benzene rings is 2. The normalized spacial score (nSPS) is 11.7. The van der Waals surface area contributed by atoms with E-state index < -0.39 is 55.2 Å². The van der Waals surface area contributed by atoms with Gasteiger partial charge in [-0.05, 0) is 30.3 Å². The fraction of sp³-hybridized carbons (Fsp3) is 0. The third-order valence-electron chi connectivity index (χ3n) is 4.49. The van der Waals surface area contributed by atoms with Crippen LogP contribution in [0.25, 0.3) is 11.0 Å². The maximum Gasteiger partial charge on any atom is 0.264 e. The standard InChI is InChI=1S/C20H10ClF4N3O3S/c21-9-5-11-12(8-27-20(11)26-7-9)19(29)17-13(23)2-3-15(18(17)25)28-32(30,31)16-4-1-10(22)6-14(16)24/h1-8,28H,(H,26,27). The summed E-state index contributed by atoms with van der Waals surface area (Å²) >= 11 is 5.87. The highest BCUT2D eigenvalue weighted by molar-refractivity contribution is 7.92. The van der Waals surface area contributed by atoms with E-state index in [1.54, 1.807) is 4.72 Å². The van der Waals surface area contributed by atoms with Crippen LogP contribution in [0.4, 0.5) is 23.2 Å². The number of halogens is 5. The summed E-state index contributed by atoms with van der Waals surface area (Å²) in [7, 11) is -4.73. The van der Waals surface area contributed by atoms with Crippen molar-refractivity contribution in [2.45, 2.75) is 4.90 Å². The number of aromatic nitrogens is 2. The van der Waals surface area contributed by atoms with E-state index in [4.69, 9.17) is 11.6 Å². The molecule has 0 saturated carbocycles. The SMILES string of the molecule is O=C(c1c(F)ccc(NS(=O)(=O)c2ccc(F)cc2F)c1F)c1c[nH]c2ncc(Cl)cc12. The Morgan fingerprint density at radius 1 is 1.03 bits per heavy atom. The number of carbonyl (C=O) groups is 1. The van der Waals surface area contributed by atoms with Gasteiger partial charge in [-0.25, -0.2) is 31.0 Å². The minimum absolute atomic E-state index is 0.155. The molecule has 12 heteroatoms. The molecule has 6 nitrogen and oxygen atoms in total. The predicted octanol–water partition coefficient (Wildman–Crippen LogP) is 4.80. The second-order valence-corrected chi connectivity index (χ2v) is 8.63. The Kier molecular flexibility index (Phi) is 5.39. The van der Waals surface area contributed by atoms with Crippen LogP contribution in [0.15, 0.2) is 53.7 Å². The van der Waals surface area contributed by atoms with Crippen molar-refractivity contribution < 1.29 is 30.8 Å². The van der Waals surface area contributed by atoms with Gasteiger partial charge in [-0.2, -0.15) is 0 Å². The van der Waals surface area contributed by atoms with Crippen LogP contribution < -0.4 is 4.72 Å². The minimum atomic E-state index is -4.73. The predicted molar refractivity (Wildman–Crippen MR) is 108 cm³/mol. The van der Waals surface area contributed by atoms with Crippen LogP contribution >= 0.6 is 11.6 Å². The molecule has 0 atom stereocenters. The average molecular weight is 484 g/mol. The van der Waals surface area contributed by atoms with Crippen LogP contribution in [0.3, 0.4) is 0 Å². The summed E-state index contributed by atoms with van der Waals surface area (Å²) in [5, 5.41) is 0.371. The molecule has 0 radical (unpaired) electrons. The molecule has 0 unspecified atom stereocenters. The van der Waals surface area contributed by atoms with Gasteiger partial charge < -0.3 is 4.98 Å². The van der Waals surface area contributed by atoms with Gasteiger partial charge in [-0.15, -0.1) is 0 Å². The highest BCUT2D eigenvalue weighted by atomic mass is 35.5. The second kappa shape index (κ2) is 7.92. The summed E-state index contributed by atoms with van der Waals surface area (Å²) < 4.78 is 83.1. The summed E-state index contributed by atoms with van der Waals surface area (Å²) in [5.41, 5.74) is -1.78.